The van der Waals surface area contributed by atoms with Gasteiger partial charge in [0.15, 0.2) is 0 Å². The first kappa shape index (κ1) is 35.7. The standard InChI is InChI=1S/C26H49NO5.C3H8/c1-5-8-10-12-14-16-18-31-25(29)21-27(20-24(28)23(4)7-3)22-26(30)32-19-17-15-13-11-9-6-2;1-3-2/h23H,5-22H2,1-4H3;3H2,1-2H3. The molecule has 1 atom stereocenters. The average Bonchev–Trinajstić information content (AvgIpc) is 2.82. The third kappa shape index (κ3) is 25.5. The molecule has 35 heavy (non-hydrogen) atoms. The first-order valence-electron chi connectivity index (χ1n) is 14.4. The Hall–Kier alpha value is -1.43. The molecular weight excluding hydrogens is 442 g/mol. The fourth-order valence-electron chi connectivity index (χ4n) is 3.36. The molecule has 0 aromatic heterocycles. The van der Waals surface area contributed by atoms with Crippen molar-refractivity contribution in [3.8, 4) is 0 Å². The second kappa shape index (κ2) is 27.2. The highest BCUT2D eigenvalue weighted by Gasteiger charge is 2.21. The quantitative estimate of drug-likeness (QED) is 0.117. The number of ether oxygens (including phenoxy) is 2. The van der Waals surface area contributed by atoms with Gasteiger partial charge in [-0.2, -0.15) is 0 Å². The topological polar surface area (TPSA) is 72.9 Å². The summed E-state index contributed by atoms with van der Waals surface area (Å²) in [6.45, 7) is 13.2. The maximum Gasteiger partial charge on any atom is 0.320 e. The lowest BCUT2D eigenvalue weighted by Gasteiger charge is -2.21. The summed E-state index contributed by atoms with van der Waals surface area (Å²) in [6, 6.07) is 0. The minimum absolute atomic E-state index is 0.0277. The molecule has 0 aromatic carbocycles. The molecule has 0 bridgehead atoms. The molecule has 0 amide bonds. The molecule has 0 heterocycles. The molecule has 0 aromatic rings. The van der Waals surface area contributed by atoms with E-state index in [4.69, 9.17) is 9.47 Å². The van der Waals surface area contributed by atoms with E-state index in [1.165, 1.54) is 44.9 Å². The zero-order chi connectivity index (χ0) is 26.7. The summed E-state index contributed by atoms with van der Waals surface area (Å²) in [5.74, 6) is -0.853. The van der Waals surface area contributed by atoms with Gasteiger partial charge >= 0.3 is 11.9 Å². The number of carbonyl (C=O) groups is 3. The van der Waals surface area contributed by atoms with Gasteiger partial charge in [0.25, 0.3) is 0 Å². The Morgan fingerprint density at radius 3 is 1.34 bits per heavy atom. The van der Waals surface area contributed by atoms with E-state index < -0.39 is 0 Å². The van der Waals surface area contributed by atoms with Crippen LogP contribution in [0.4, 0.5) is 0 Å². The monoisotopic (exact) mass is 499 g/mol. The Kier molecular flexibility index (Phi) is 27.7. The van der Waals surface area contributed by atoms with Crippen LogP contribution in [0.3, 0.4) is 0 Å². The molecule has 0 saturated carbocycles. The molecule has 0 aliphatic heterocycles. The number of esters is 2. The van der Waals surface area contributed by atoms with Crippen LogP contribution >= 0.6 is 0 Å². The summed E-state index contributed by atoms with van der Waals surface area (Å²) in [5, 5.41) is 0. The Balaban J connectivity index is 0. The van der Waals surface area contributed by atoms with Crippen LogP contribution in [-0.4, -0.2) is 55.5 Å². The third-order valence-electron chi connectivity index (χ3n) is 5.77. The van der Waals surface area contributed by atoms with Crippen molar-refractivity contribution in [1.82, 2.24) is 4.90 Å². The molecule has 0 aliphatic rings. The minimum Gasteiger partial charge on any atom is -0.465 e. The van der Waals surface area contributed by atoms with Gasteiger partial charge in [-0.15, -0.1) is 0 Å². The van der Waals surface area contributed by atoms with E-state index in [1.807, 2.05) is 13.8 Å². The number of nitrogens with zero attached hydrogens (tertiary/aromatic N) is 1. The van der Waals surface area contributed by atoms with E-state index in [2.05, 4.69) is 27.7 Å². The molecular formula is C29H57NO5. The van der Waals surface area contributed by atoms with E-state index in [1.54, 1.807) is 4.90 Å². The SMILES string of the molecule is CCC.CCCCCCCCOC(=O)CN(CC(=O)OCCCCCCCC)CC(=O)C(C)CC. The summed E-state index contributed by atoms with van der Waals surface area (Å²) in [7, 11) is 0. The summed E-state index contributed by atoms with van der Waals surface area (Å²) < 4.78 is 10.7. The minimum atomic E-state index is -0.390. The summed E-state index contributed by atoms with van der Waals surface area (Å²) in [4.78, 5) is 38.4. The number of hydrogen-bond acceptors (Lipinski definition) is 6. The third-order valence-corrected chi connectivity index (χ3v) is 5.77. The number of hydrogen-bond donors (Lipinski definition) is 0. The van der Waals surface area contributed by atoms with Gasteiger partial charge in [-0.25, -0.2) is 0 Å². The lowest BCUT2D eigenvalue weighted by atomic mass is 10.0. The van der Waals surface area contributed by atoms with Crippen LogP contribution in [0.2, 0.25) is 0 Å². The van der Waals surface area contributed by atoms with E-state index in [9.17, 15) is 14.4 Å². The van der Waals surface area contributed by atoms with Gasteiger partial charge in [0.05, 0.1) is 32.8 Å². The van der Waals surface area contributed by atoms with Crippen molar-refractivity contribution in [2.45, 2.75) is 131 Å². The molecule has 0 fully saturated rings. The maximum absolute atomic E-state index is 12.4. The summed E-state index contributed by atoms with van der Waals surface area (Å²) in [6.07, 6.45) is 15.4. The van der Waals surface area contributed by atoms with Crippen LogP contribution in [0, 0.1) is 5.92 Å². The van der Waals surface area contributed by atoms with Crippen molar-refractivity contribution in [2.75, 3.05) is 32.8 Å². The van der Waals surface area contributed by atoms with Crippen molar-refractivity contribution >= 4 is 17.7 Å². The van der Waals surface area contributed by atoms with Crippen molar-refractivity contribution in [1.29, 1.82) is 0 Å². The Labute approximate surface area is 216 Å². The van der Waals surface area contributed by atoms with Gasteiger partial charge in [-0.3, -0.25) is 19.3 Å². The van der Waals surface area contributed by atoms with Crippen molar-refractivity contribution in [3.63, 3.8) is 0 Å². The van der Waals surface area contributed by atoms with Gasteiger partial charge in [-0.1, -0.05) is 112 Å². The van der Waals surface area contributed by atoms with Crippen LogP contribution in [0.1, 0.15) is 131 Å². The average molecular weight is 500 g/mol. The highest BCUT2D eigenvalue weighted by Crippen LogP contribution is 2.08. The predicted octanol–water partition coefficient (Wildman–Crippen LogP) is 7.13. The molecule has 6 heteroatoms. The maximum atomic E-state index is 12.4. The number of carbonyl (C=O) groups excluding carboxylic acids is 3. The van der Waals surface area contributed by atoms with Gasteiger partial charge in [0.2, 0.25) is 0 Å². The molecule has 6 nitrogen and oxygen atoms in total. The molecule has 1 unspecified atom stereocenters. The number of rotatable bonds is 22. The molecule has 0 radical (unpaired) electrons. The Bertz CT molecular complexity index is 477. The highest BCUT2D eigenvalue weighted by molar-refractivity contribution is 5.84. The van der Waals surface area contributed by atoms with Crippen LogP contribution in [0.15, 0.2) is 0 Å². The summed E-state index contributed by atoms with van der Waals surface area (Å²) >= 11 is 0. The van der Waals surface area contributed by atoms with Gasteiger partial charge in [0.1, 0.15) is 5.78 Å². The zero-order valence-electron chi connectivity index (χ0n) is 24.0. The lowest BCUT2D eigenvalue weighted by molar-refractivity contribution is -0.149. The van der Waals surface area contributed by atoms with Gasteiger partial charge < -0.3 is 9.47 Å². The first-order chi connectivity index (χ1) is 16.9. The van der Waals surface area contributed by atoms with Crippen molar-refractivity contribution < 1.29 is 23.9 Å². The van der Waals surface area contributed by atoms with E-state index in [0.29, 0.717) is 13.2 Å². The Morgan fingerprint density at radius 1 is 0.600 bits per heavy atom. The highest BCUT2D eigenvalue weighted by atomic mass is 16.5. The van der Waals surface area contributed by atoms with Gasteiger partial charge in [0, 0.05) is 5.92 Å². The molecule has 0 aliphatic carbocycles. The fraction of sp³-hybridized carbons (Fsp3) is 0.897. The zero-order valence-corrected chi connectivity index (χ0v) is 24.0. The fourth-order valence-corrected chi connectivity index (χ4v) is 3.36. The van der Waals surface area contributed by atoms with Crippen LogP contribution in [0.25, 0.3) is 0 Å². The van der Waals surface area contributed by atoms with E-state index in [-0.39, 0.29) is 43.3 Å². The number of ketones is 1. The predicted molar refractivity (Wildman–Crippen MR) is 146 cm³/mol. The second-order valence-corrected chi connectivity index (χ2v) is 9.60. The molecule has 208 valence electrons. The van der Waals surface area contributed by atoms with Crippen molar-refractivity contribution in [3.05, 3.63) is 0 Å². The van der Waals surface area contributed by atoms with E-state index in [0.717, 1.165) is 44.9 Å². The van der Waals surface area contributed by atoms with Gasteiger partial charge in [-0.05, 0) is 19.3 Å². The van der Waals surface area contributed by atoms with Crippen LogP contribution in [-0.2, 0) is 23.9 Å². The molecule has 0 N–H and O–H groups in total. The van der Waals surface area contributed by atoms with Crippen LogP contribution in [0.5, 0.6) is 0 Å². The first-order valence-corrected chi connectivity index (χ1v) is 14.4. The largest absolute Gasteiger partial charge is 0.465 e. The number of Topliss-reactive ketones (excluding diaryl/α,β-unsaturated/α-hetero) is 1. The smallest absolute Gasteiger partial charge is 0.320 e. The molecule has 0 saturated heterocycles. The molecule has 0 spiro atoms. The Morgan fingerprint density at radius 2 is 0.971 bits per heavy atom. The lowest BCUT2D eigenvalue weighted by Crippen LogP contribution is -2.40. The second-order valence-electron chi connectivity index (χ2n) is 9.60. The molecule has 0 rings (SSSR count). The number of unbranched alkanes of at least 4 members (excludes halogenated alkanes) is 10. The normalized spacial score (nSPS) is 11.5. The van der Waals surface area contributed by atoms with Crippen molar-refractivity contribution in [2.24, 2.45) is 5.92 Å². The summed E-state index contributed by atoms with van der Waals surface area (Å²) in [5.41, 5.74) is 0. The van der Waals surface area contributed by atoms with Crippen LogP contribution < -0.4 is 0 Å². The van der Waals surface area contributed by atoms with E-state index >= 15 is 0 Å².